The van der Waals surface area contributed by atoms with E-state index in [0.29, 0.717) is 0 Å². The Morgan fingerprint density at radius 2 is 1.50 bits per heavy atom. The van der Waals surface area contributed by atoms with E-state index in [0.717, 1.165) is 23.4 Å². The molecule has 0 aliphatic heterocycles. The molecule has 0 fully saturated rings. The van der Waals surface area contributed by atoms with Gasteiger partial charge in [0.1, 0.15) is 5.82 Å². The van der Waals surface area contributed by atoms with E-state index >= 15 is 0 Å². The smallest absolute Gasteiger partial charge is 0.141 e. The third-order valence-electron chi connectivity index (χ3n) is 4.40. The molecule has 4 aromatic rings. The number of nitrogens with zero attached hydrogens (tertiary/aromatic N) is 2. The maximum atomic E-state index is 4.93. The average molecular weight is 312 g/mol. The van der Waals surface area contributed by atoms with E-state index in [1.165, 1.54) is 22.2 Å². The van der Waals surface area contributed by atoms with Gasteiger partial charge in [-0.15, -0.1) is 0 Å². The van der Waals surface area contributed by atoms with Crippen LogP contribution in [0.15, 0.2) is 72.8 Å². The van der Waals surface area contributed by atoms with Crippen LogP contribution in [-0.2, 0) is 6.54 Å². The normalized spacial score (nSPS) is 11.1. The quantitative estimate of drug-likeness (QED) is 0.497. The van der Waals surface area contributed by atoms with Crippen LogP contribution in [0.5, 0.6) is 0 Å². The van der Waals surface area contributed by atoms with Crippen molar-refractivity contribution >= 4 is 11.0 Å². The summed E-state index contributed by atoms with van der Waals surface area (Å²) in [5, 5.41) is 0. The summed E-state index contributed by atoms with van der Waals surface area (Å²) in [6.45, 7) is 5.05. The zero-order valence-corrected chi connectivity index (χ0v) is 14.0. The van der Waals surface area contributed by atoms with Crippen molar-refractivity contribution in [3.05, 3.63) is 89.5 Å². The molecule has 118 valence electrons. The third-order valence-corrected chi connectivity index (χ3v) is 4.40. The van der Waals surface area contributed by atoms with Crippen molar-refractivity contribution in [3.63, 3.8) is 0 Å². The number of benzene rings is 3. The summed E-state index contributed by atoms with van der Waals surface area (Å²) in [6.07, 6.45) is 0. The van der Waals surface area contributed by atoms with E-state index in [2.05, 4.69) is 91.2 Å². The van der Waals surface area contributed by atoms with Crippen LogP contribution in [-0.4, -0.2) is 9.55 Å². The topological polar surface area (TPSA) is 17.8 Å². The number of hydrogen-bond acceptors (Lipinski definition) is 1. The Morgan fingerprint density at radius 1 is 0.792 bits per heavy atom. The molecule has 0 saturated carbocycles. The van der Waals surface area contributed by atoms with Gasteiger partial charge >= 0.3 is 0 Å². The van der Waals surface area contributed by atoms with Crippen LogP contribution in [0.3, 0.4) is 0 Å². The number of rotatable bonds is 3. The second-order valence-electron chi connectivity index (χ2n) is 6.37. The van der Waals surface area contributed by atoms with Gasteiger partial charge in [-0.1, -0.05) is 66.2 Å². The maximum Gasteiger partial charge on any atom is 0.141 e. The lowest BCUT2D eigenvalue weighted by Gasteiger charge is -2.10. The van der Waals surface area contributed by atoms with Gasteiger partial charge in [0.15, 0.2) is 0 Å². The minimum absolute atomic E-state index is 0.823. The van der Waals surface area contributed by atoms with Crippen molar-refractivity contribution in [1.29, 1.82) is 0 Å². The van der Waals surface area contributed by atoms with Gasteiger partial charge in [-0.2, -0.15) is 0 Å². The molecule has 0 aliphatic rings. The highest BCUT2D eigenvalue weighted by atomic mass is 15.1. The van der Waals surface area contributed by atoms with Crippen LogP contribution < -0.4 is 0 Å². The van der Waals surface area contributed by atoms with Crippen molar-refractivity contribution in [2.45, 2.75) is 20.4 Å². The van der Waals surface area contributed by atoms with Gasteiger partial charge in [-0.05, 0) is 37.1 Å². The minimum atomic E-state index is 0.823. The van der Waals surface area contributed by atoms with E-state index in [-0.39, 0.29) is 0 Å². The van der Waals surface area contributed by atoms with E-state index in [1.807, 2.05) is 0 Å². The Kier molecular flexibility index (Phi) is 3.66. The molecule has 0 spiro atoms. The Balaban J connectivity index is 1.91. The lowest BCUT2D eigenvalue weighted by Crippen LogP contribution is -2.02. The van der Waals surface area contributed by atoms with Gasteiger partial charge in [0.25, 0.3) is 0 Å². The van der Waals surface area contributed by atoms with Crippen LogP contribution in [0.25, 0.3) is 22.4 Å². The van der Waals surface area contributed by atoms with Crippen LogP contribution in [0.1, 0.15) is 16.7 Å². The number of hydrogen-bond donors (Lipinski definition) is 0. The van der Waals surface area contributed by atoms with Crippen LogP contribution in [0.2, 0.25) is 0 Å². The van der Waals surface area contributed by atoms with Crippen LogP contribution in [0, 0.1) is 13.8 Å². The van der Waals surface area contributed by atoms with Gasteiger partial charge in [0.2, 0.25) is 0 Å². The first-order valence-electron chi connectivity index (χ1n) is 8.28. The molecular formula is C22H20N2. The lowest BCUT2D eigenvalue weighted by molar-refractivity contribution is 0.834. The number of fused-ring (bicyclic) bond motifs is 1. The fraction of sp³-hybridized carbons (Fsp3) is 0.136. The van der Waals surface area contributed by atoms with Crippen molar-refractivity contribution < 1.29 is 0 Å². The Hall–Kier alpha value is -2.87. The fourth-order valence-electron chi connectivity index (χ4n) is 3.09. The summed E-state index contributed by atoms with van der Waals surface area (Å²) in [4.78, 5) is 4.93. The van der Waals surface area contributed by atoms with Gasteiger partial charge < -0.3 is 4.57 Å². The summed E-state index contributed by atoms with van der Waals surface area (Å²) in [7, 11) is 0. The fourth-order valence-corrected chi connectivity index (χ4v) is 3.09. The standard InChI is InChI=1S/C22H20N2/c1-16-8-11-19(12-9-16)22-23-20-14-17(2)10-13-21(20)24(22)15-18-6-4-3-5-7-18/h3-14H,15H2,1-2H3. The molecule has 3 aromatic carbocycles. The van der Waals surface area contributed by atoms with Crippen molar-refractivity contribution in [3.8, 4) is 11.4 Å². The Bertz CT molecular complexity index is 980. The zero-order valence-electron chi connectivity index (χ0n) is 14.0. The minimum Gasteiger partial charge on any atom is -0.319 e. The predicted molar refractivity (Wildman–Crippen MR) is 100 cm³/mol. The van der Waals surface area contributed by atoms with Crippen LogP contribution >= 0.6 is 0 Å². The molecule has 0 bridgehead atoms. The van der Waals surface area contributed by atoms with E-state index < -0.39 is 0 Å². The Labute approximate surface area is 142 Å². The second-order valence-corrected chi connectivity index (χ2v) is 6.37. The summed E-state index contributed by atoms with van der Waals surface area (Å²) < 4.78 is 2.31. The molecule has 0 saturated heterocycles. The molecule has 0 amide bonds. The molecule has 1 heterocycles. The molecule has 2 nitrogen and oxygen atoms in total. The SMILES string of the molecule is Cc1ccc(-c2nc3cc(C)ccc3n2Cc2ccccc2)cc1. The maximum absolute atomic E-state index is 4.93. The van der Waals surface area contributed by atoms with Crippen molar-refractivity contribution in [2.24, 2.45) is 0 Å². The van der Waals surface area contributed by atoms with Gasteiger partial charge in [-0.3, -0.25) is 0 Å². The summed E-state index contributed by atoms with van der Waals surface area (Å²) in [5.74, 6) is 1.03. The molecule has 4 rings (SSSR count). The monoisotopic (exact) mass is 312 g/mol. The molecular weight excluding hydrogens is 292 g/mol. The number of aromatic nitrogens is 2. The highest BCUT2D eigenvalue weighted by molar-refractivity contribution is 5.81. The second kappa shape index (κ2) is 5.97. The molecule has 2 heteroatoms. The molecule has 0 atom stereocenters. The summed E-state index contributed by atoms with van der Waals surface area (Å²) in [5.41, 5.74) is 7.18. The Morgan fingerprint density at radius 3 is 2.25 bits per heavy atom. The molecule has 24 heavy (non-hydrogen) atoms. The van der Waals surface area contributed by atoms with Crippen LogP contribution in [0.4, 0.5) is 0 Å². The largest absolute Gasteiger partial charge is 0.319 e. The van der Waals surface area contributed by atoms with Crippen molar-refractivity contribution in [1.82, 2.24) is 9.55 Å². The first-order valence-corrected chi connectivity index (χ1v) is 8.28. The van der Waals surface area contributed by atoms with E-state index in [1.54, 1.807) is 0 Å². The average Bonchev–Trinajstić information content (AvgIpc) is 2.94. The first-order chi connectivity index (χ1) is 11.7. The zero-order chi connectivity index (χ0) is 16.5. The van der Waals surface area contributed by atoms with E-state index in [9.17, 15) is 0 Å². The third kappa shape index (κ3) is 2.71. The molecule has 0 radical (unpaired) electrons. The predicted octanol–water partition coefficient (Wildman–Crippen LogP) is 5.37. The summed E-state index contributed by atoms with van der Waals surface area (Å²) >= 11 is 0. The van der Waals surface area contributed by atoms with Crippen molar-refractivity contribution in [2.75, 3.05) is 0 Å². The first kappa shape index (κ1) is 14.7. The highest BCUT2D eigenvalue weighted by Gasteiger charge is 2.13. The molecule has 0 unspecified atom stereocenters. The highest BCUT2D eigenvalue weighted by Crippen LogP contribution is 2.27. The summed E-state index contributed by atoms with van der Waals surface area (Å²) in [6, 6.07) is 25.7. The van der Waals surface area contributed by atoms with Gasteiger partial charge in [0, 0.05) is 12.1 Å². The lowest BCUT2D eigenvalue weighted by atomic mass is 10.1. The van der Waals surface area contributed by atoms with Gasteiger partial charge in [-0.25, -0.2) is 4.98 Å². The van der Waals surface area contributed by atoms with Gasteiger partial charge in [0.05, 0.1) is 11.0 Å². The van der Waals surface area contributed by atoms with E-state index in [4.69, 9.17) is 4.98 Å². The number of imidazole rings is 1. The molecule has 0 N–H and O–H groups in total. The number of aryl methyl sites for hydroxylation is 2. The molecule has 0 aliphatic carbocycles. The molecule has 1 aromatic heterocycles.